The maximum absolute atomic E-state index is 13.9. The van der Waals surface area contributed by atoms with E-state index in [1.54, 1.807) is 39.8 Å². The van der Waals surface area contributed by atoms with E-state index in [1.165, 1.54) is 0 Å². The number of rotatable bonds is 13. The molecular formula is C42H40O8P2. The van der Waals surface area contributed by atoms with Crippen molar-refractivity contribution in [2.24, 2.45) is 0 Å². The Balaban J connectivity index is 1.63. The Morgan fingerprint density at radius 3 is 1.25 bits per heavy atom. The molecule has 0 heterocycles. The summed E-state index contributed by atoms with van der Waals surface area (Å²) in [6.45, 7) is 11.1. The van der Waals surface area contributed by atoms with Gasteiger partial charge in [-0.2, -0.15) is 0 Å². The van der Waals surface area contributed by atoms with Crippen molar-refractivity contribution in [2.45, 2.75) is 53.8 Å². The number of carbonyl (C=O) groups is 2. The van der Waals surface area contributed by atoms with E-state index in [2.05, 4.69) is 0 Å². The standard InChI is InChI=1S/C42H40O8P2/c1-25(2)45-41(43)33-23-29-17-9-11-19-31(29)37(39(33)49-51-47-35-21-13-7-15-27(35)5)38-32-20-12-10-18-30(32)24-34(42(44)46-26(3)4)40(38)50-52-48-36-22-14-8-16-28(36)6/h7-26,51-52H,1-6H3. The number of para-hydroxylation sites is 2. The Labute approximate surface area is 307 Å². The molecule has 6 aromatic carbocycles. The summed E-state index contributed by atoms with van der Waals surface area (Å²) in [7, 11) is -1.08. The van der Waals surface area contributed by atoms with Gasteiger partial charge in [0.1, 0.15) is 34.1 Å². The molecule has 2 atom stereocenters. The number of benzene rings is 6. The van der Waals surface area contributed by atoms with Gasteiger partial charge in [-0.05, 0) is 98.5 Å². The van der Waals surface area contributed by atoms with Gasteiger partial charge in [-0.15, -0.1) is 0 Å². The maximum atomic E-state index is 13.9. The van der Waals surface area contributed by atoms with Crippen molar-refractivity contribution in [1.82, 2.24) is 0 Å². The summed E-state index contributed by atoms with van der Waals surface area (Å²) >= 11 is 0. The van der Waals surface area contributed by atoms with Crippen LogP contribution in [0.5, 0.6) is 23.0 Å². The van der Waals surface area contributed by atoms with Crippen molar-refractivity contribution in [1.29, 1.82) is 0 Å². The first kappa shape index (κ1) is 36.6. The second-order valence-corrected chi connectivity index (χ2v) is 13.9. The highest BCUT2D eigenvalue weighted by Crippen LogP contribution is 2.51. The number of carbonyl (C=O) groups excluding carboxylic acids is 2. The summed E-state index contributed by atoms with van der Waals surface area (Å²) in [5, 5.41) is 3.03. The van der Waals surface area contributed by atoms with Gasteiger partial charge < -0.3 is 27.6 Å². The zero-order chi connectivity index (χ0) is 36.8. The molecule has 0 saturated carbocycles. The average molecular weight is 735 g/mol. The Morgan fingerprint density at radius 1 is 0.500 bits per heavy atom. The van der Waals surface area contributed by atoms with Crippen molar-refractivity contribution in [2.75, 3.05) is 0 Å². The van der Waals surface area contributed by atoms with Gasteiger partial charge in [0.05, 0.1) is 12.2 Å². The Hall–Kier alpha value is -5.16. The molecule has 6 aromatic rings. The lowest BCUT2D eigenvalue weighted by Crippen LogP contribution is -2.14. The minimum absolute atomic E-state index is 0.201. The maximum Gasteiger partial charge on any atom is 0.342 e. The van der Waals surface area contributed by atoms with Gasteiger partial charge >= 0.3 is 11.9 Å². The summed E-state index contributed by atoms with van der Waals surface area (Å²) in [6.07, 6.45) is -0.788. The lowest BCUT2D eigenvalue weighted by molar-refractivity contribution is 0.0365. The molecule has 0 radical (unpaired) electrons. The first-order chi connectivity index (χ1) is 25.1. The first-order valence-corrected chi connectivity index (χ1v) is 18.6. The molecule has 266 valence electrons. The molecule has 0 saturated heterocycles. The van der Waals surface area contributed by atoms with Crippen LogP contribution in [-0.4, -0.2) is 24.1 Å². The second kappa shape index (κ2) is 16.5. The molecular weight excluding hydrogens is 694 g/mol. The van der Waals surface area contributed by atoms with E-state index in [4.69, 9.17) is 27.6 Å². The van der Waals surface area contributed by atoms with Crippen LogP contribution in [0.1, 0.15) is 59.5 Å². The number of ether oxygens (including phenoxy) is 2. The lowest BCUT2D eigenvalue weighted by Gasteiger charge is -2.23. The molecule has 6 rings (SSSR count). The topological polar surface area (TPSA) is 89.5 Å². The molecule has 0 aliphatic carbocycles. The summed E-state index contributed by atoms with van der Waals surface area (Å²) < 4.78 is 36.9. The fourth-order valence-electron chi connectivity index (χ4n) is 5.78. The smallest absolute Gasteiger partial charge is 0.342 e. The molecule has 0 spiro atoms. The van der Waals surface area contributed by atoms with Gasteiger partial charge in [-0.25, -0.2) is 9.59 Å². The Bertz CT molecular complexity index is 2090. The minimum Gasteiger partial charge on any atom is -0.459 e. The lowest BCUT2D eigenvalue weighted by atomic mass is 9.88. The van der Waals surface area contributed by atoms with E-state index < -0.39 is 42.2 Å². The van der Waals surface area contributed by atoms with Gasteiger partial charge in [0, 0.05) is 11.1 Å². The molecule has 0 aliphatic rings. The first-order valence-electron chi connectivity index (χ1n) is 16.9. The molecule has 0 aliphatic heterocycles. The number of esters is 2. The normalized spacial score (nSPS) is 11.6. The highest BCUT2D eigenvalue weighted by atomic mass is 31.1. The van der Waals surface area contributed by atoms with Crippen LogP contribution in [0, 0.1) is 13.8 Å². The molecule has 10 heteroatoms. The molecule has 0 N–H and O–H groups in total. The highest BCUT2D eigenvalue weighted by Gasteiger charge is 2.30. The van der Waals surface area contributed by atoms with Crippen LogP contribution < -0.4 is 18.1 Å². The SMILES string of the molecule is Cc1ccccc1OPOc1c(C(=O)OC(C)C)cc2ccccc2c1-c1c(OPOc2ccccc2C)c(C(=O)OC(C)C)cc2ccccc12. The molecule has 0 bridgehead atoms. The van der Waals surface area contributed by atoms with Crippen molar-refractivity contribution >= 4 is 51.6 Å². The average Bonchev–Trinajstić information content (AvgIpc) is 3.12. The van der Waals surface area contributed by atoms with Crippen LogP contribution in [0.25, 0.3) is 32.7 Å². The molecule has 0 amide bonds. The zero-order valence-corrected chi connectivity index (χ0v) is 31.8. The third-order valence-electron chi connectivity index (χ3n) is 8.16. The van der Waals surface area contributed by atoms with Crippen molar-refractivity contribution in [3.05, 3.63) is 131 Å². The van der Waals surface area contributed by atoms with Gasteiger partial charge in [-0.1, -0.05) is 84.9 Å². The van der Waals surface area contributed by atoms with Crippen LogP contribution in [0.2, 0.25) is 0 Å². The largest absolute Gasteiger partial charge is 0.459 e. The number of aryl methyl sites for hydroxylation is 2. The van der Waals surface area contributed by atoms with Gasteiger partial charge in [0.15, 0.2) is 0 Å². The van der Waals surface area contributed by atoms with Gasteiger partial charge in [0.2, 0.25) is 0 Å². The Kier molecular flexibility index (Phi) is 11.6. The summed E-state index contributed by atoms with van der Waals surface area (Å²) in [5.74, 6) is 0.621. The van der Waals surface area contributed by atoms with Crippen molar-refractivity contribution in [3.63, 3.8) is 0 Å². The van der Waals surface area contributed by atoms with Crippen LogP contribution in [0.15, 0.2) is 109 Å². The number of hydrogen-bond acceptors (Lipinski definition) is 8. The van der Waals surface area contributed by atoms with Gasteiger partial charge in [-0.3, -0.25) is 0 Å². The van der Waals surface area contributed by atoms with Crippen LogP contribution in [-0.2, 0) is 9.47 Å². The fraction of sp³-hybridized carbons (Fsp3) is 0.190. The second-order valence-electron chi connectivity index (χ2n) is 12.7. The van der Waals surface area contributed by atoms with Crippen LogP contribution >= 0.6 is 18.1 Å². The monoisotopic (exact) mass is 734 g/mol. The predicted octanol–water partition coefficient (Wildman–Crippen LogP) is 11.3. The van der Waals surface area contributed by atoms with Crippen molar-refractivity contribution in [3.8, 4) is 34.1 Å². The highest BCUT2D eigenvalue weighted by molar-refractivity contribution is 7.27. The summed E-state index contributed by atoms with van der Waals surface area (Å²) in [4.78, 5) is 27.9. The molecule has 52 heavy (non-hydrogen) atoms. The Morgan fingerprint density at radius 2 is 0.865 bits per heavy atom. The molecule has 0 aromatic heterocycles. The van der Waals surface area contributed by atoms with Crippen LogP contribution in [0.4, 0.5) is 0 Å². The van der Waals surface area contributed by atoms with E-state index in [0.29, 0.717) is 22.6 Å². The third kappa shape index (κ3) is 8.15. The zero-order valence-electron chi connectivity index (χ0n) is 29.8. The van der Waals surface area contributed by atoms with E-state index in [1.807, 2.05) is 111 Å². The van der Waals surface area contributed by atoms with E-state index in [-0.39, 0.29) is 22.6 Å². The molecule has 8 nitrogen and oxygen atoms in total. The third-order valence-corrected chi connectivity index (χ3v) is 9.34. The fourth-order valence-corrected chi connectivity index (χ4v) is 7.09. The quantitative estimate of drug-likeness (QED) is 0.0856. The predicted molar refractivity (Wildman–Crippen MR) is 209 cm³/mol. The summed E-state index contributed by atoms with van der Waals surface area (Å²) in [6, 6.07) is 34.1. The number of hydrogen-bond donors (Lipinski definition) is 0. The van der Waals surface area contributed by atoms with E-state index in [0.717, 1.165) is 32.7 Å². The summed E-state index contributed by atoms with van der Waals surface area (Å²) in [5.41, 5.74) is 3.33. The van der Waals surface area contributed by atoms with E-state index >= 15 is 0 Å². The molecule has 0 fully saturated rings. The number of fused-ring (bicyclic) bond motifs is 2. The van der Waals surface area contributed by atoms with Gasteiger partial charge in [0.25, 0.3) is 18.1 Å². The van der Waals surface area contributed by atoms with E-state index in [9.17, 15) is 9.59 Å². The van der Waals surface area contributed by atoms with Crippen molar-refractivity contribution < 1.29 is 37.2 Å². The minimum atomic E-state index is -0.565. The van der Waals surface area contributed by atoms with Crippen LogP contribution in [0.3, 0.4) is 0 Å². The molecule has 2 unspecified atom stereocenters.